The fourth-order valence-corrected chi connectivity index (χ4v) is 3.64. The van der Waals surface area contributed by atoms with Crippen LogP contribution in [0.2, 0.25) is 0 Å². The molecule has 0 spiro atoms. The van der Waals surface area contributed by atoms with Gasteiger partial charge in [-0.05, 0) is 52.1 Å². The van der Waals surface area contributed by atoms with Gasteiger partial charge in [-0.15, -0.1) is 0 Å². The predicted molar refractivity (Wildman–Crippen MR) is 118 cm³/mol. The van der Waals surface area contributed by atoms with E-state index >= 15 is 0 Å². The molecule has 0 atom stereocenters. The fourth-order valence-electron chi connectivity index (χ4n) is 3.64. The van der Waals surface area contributed by atoms with Gasteiger partial charge in [-0.1, -0.05) is 66.7 Å². The first-order chi connectivity index (χ1) is 14.6. The Bertz CT molecular complexity index is 1200. The topological polar surface area (TPSA) is 66.8 Å². The second-order valence-corrected chi connectivity index (χ2v) is 6.86. The van der Waals surface area contributed by atoms with Gasteiger partial charge in [0, 0.05) is 5.56 Å². The van der Waals surface area contributed by atoms with Crippen molar-refractivity contribution in [2.75, 3.05) is 7.11 Å². The highest BCUT2D eigenvalue weighted by atomic mass is 16.5. The van der Waals surface area contributed by atoms with E-state index in [-0.39, 0.29) is 11.3 Å². The van der Waals surface area contributed by atoms with Crippen LogP contribution in [0, 0.1) is 0 Å². The number of ether oxygens (including phenoxy) is 1. The molecule has 0 heterocycles. The van der Waals surface area contributed by atoms with Crippen LogP contribution in [0.5, 0.6) is 11.5 Å². The van der Waals surface area contributed by atoms with Crippen molar-refractivity contribution in [3.63, 3.8) is 0 Å². The second-order valence-electron chi connectivity index (χ2n) is 6.86. The van der Waals surface area contributed by atoms with Crippen molar-refractivity contribution < 1.29 is 19.7 Å². The Morgan fingerprint density at radius 3 is 2.07 bits per heavy atom. The van der Waals surface area contributed by atoms with Gasteiger partial charge >= 0.3 is 5.97 Å². The SMILES string of the molecule is COc1cccc(-c2ccc(-c3ccccc3)c(C(=O)O)c2-c2ccc(O)cc2)c1. The normalized spacial score (nSPS) is 10.6. The summed E-state index contributed by atoms with van der Waals surface area (Å²) in [4.78, 5) is 12.5. The highest BCUT2D eigenvalue weighted by molar-refractivity contribution is 6.07. The molecule has 30 heavy (non-hydrogen) atoms. The molecule has 4 heteroatoms. The molecule has 0 aliphatic heterocycles. The number of hydrogen-bond donors (Lipinski definition) is 2. The molecule has 0 aliphatic carbocycles. The average molecular weight is 396 g/mol. The number of aromatic hydroxyl groups is 1. The highest BCUT2D eigenvalue weighted by Gasteiger charge is 2.22. The van der Waals surface area contributed by atoms with Crippen molar-refractivity contribution in [2.24, 2.45) is 0 Å². The maximum atomic E-state index is 12.5. The summed E-state index contributed by atoms with van der Waals surface area (Å²) >= 11 is 0. The molecule has 2 N–H and O–H groups in total. The minimum atomic E-state index is -1.01. The van der Waals surface area contributed by atoms with Gasteiger partial charge in [-0.2, -0.15) is 0 Å². The summed E-state index contributed by atoms with van der Waals surface area (Å²) in [5, 5.41) is 20.0. The monoisotopic (exact) mass is 396 g/mol. The fraction of sp³-hybridized carbons (Fsp3) is 0.0385. The lowest BCUT2D eigenvalue weighted by atomic mass is 9.85. The van der Waals surface area contributed by atoms with Crippen molar-refractivity contribution >= 4 is 5.97 Å². The number of carboxylic acids is 1. The largest absolute Gasteiger partial charge is 0.508 e. The summed E-state index contributed by atoms with van der Waals surface area (Å²) in [5.74, 6) is -0.201. The van der Waals surface area contributed by atoms with Gasteiger partial charge in [0.15, 0.2) is 0 Å². The number of carboxylic acid groups (broad SMARTS) is 1. The second kappa shape index (κ2) is 8.13. The number of phenols is 1. The number of aromatic carboxylic acids is 1. The molecule has 4 aromatic carbocycles. The Labute approximate surface area is 174 Å². The molecular formula is C26H20O4. The smallest absolute Gasteiger partial charge is 0.336 e. The standard InChI is InChI=1S/C26H20O4/c1-30-21-9-5-8-19(16-21)23-15-14-22(17-6-3-2-4-7-17)25(26(28)29)24(23)18-10-12-20(27)13-11-18/h2-16,27H,1H3,(H,28,29). The third-order valence-electron chi connectivity index (χ3n) is 5.04. The van der Waals surface area contributed by atoms with Crippen molar-refractivity contribution in [2.45, 2.75) is 0 Å². The molecule has 0 aliphatic rings. The zero-order valence-corrected chi connectivity index (χ0v) is 16.4. The quantitative estimate of drug-likeness (QED) is 0.428. The third kappa shape index (κ3) is 3.63. The zero-order chi connectivity index (χ0) is 21.1. The number of rotatable bonds is 5. The van der Waals surface area contributed by atoms with Gasteiger partial charge in [0.05, 0.1) is 12.7 Å². The summed E-state index contributed by atoms with van der Waals surface area (Å²) in [6, 6.07) is 27.4. The molecule has 0 amide bonds. The molecule has 0 unspecified atom stereocenters. The highest BCUT2D eigenvalue weighted by Crippen LogP contribution is 2.41. The number of methoxy groups -OCH3 is 1. The first-order valence-corrected chi connectivity index (χ1v) is 9.48. The number of carbonyl (C=O) groups is 1. The van der Waals surface area contributed by atoms with Crippen LogP contribution in [-0.4, -0.2) is 23.3 Å². The van der Waals surface area contributed by atoms with E-state index in [4.69, 9.17) is 4.74 Å². The number of hydrogen-bond acceptors (Lipinski definition) is 3. The van der Waals surface area contributed by atoms with Crippen LogP contribution in [0.1, 0.15) is 10.4 Å². The van der Waals surface area contributed by atoms with E-state index < -0.39 is 5.97 Å². The minimum absolute atomic E-state index is 0.123. The van der Waals surface area contributed by atoms with E-state index in [0.29, 0.717) is 22.4 Å². The summed E-state index contributed by atoms with van der Waals surface area (Å²) in [6.45, 7) is 0. The van der Waals surface area contributed by atoms with Crippen molar-refractivity contribution in [3.05, 3.63) is 96.6 Å². The van der Waals surface area contributed by atoms with Crippen LogP contribution in [0.4, 0.5) is 0 Å². The van der Waals surface area contributed by atoms with E-state index in [0.717, 1.165) is 16.7 Å². The summed E-state index contributed by atoms with van der Waals surface area (Å²) in [6.07, 6.45) is 0. The summed E-state index contributed by atoms with van der Waals surface area (Å²) in [7, 11) is 1.60. The predicted octanol–water partition coefficient (Wildman–Crippen LogP) is 6.10. The van der Waals surface area contributed by atoms with Gasteiger partial charge in [-0.3, -0.25) is 0 Å². The maximum absolute atomic E-state index is 12.5. The molecule has 0 fully saturated rings. The van der Waals surface area contributed by atoms with Crippen LogP contribution in [0.3, 0.4) is 0 Å². The van der Waals surface area contributed by atoms with Gasteiger partial charge in [0.2, 0.25) is 0 Å². The molecule has 0 bridgehead atoms. The van der Waals surface area contributed by atoms with Gasteiger partial charge < -0.3 is 14.9 Å². The Kier molecular flexibility index (Phi) is 5.22. The van der Waals surface area contributed by atoms with Crippen molar-refractivity contribution in [1.82, 2.24) is 0 Å². The van der Waals surface area contributed by atoms with Crippen LogP contribution in [0.15, 0.2) is 91.0 Å². The first kappa shape index (κ1) is 19.3. The van der Waals surface area contributed by atoms with Gasteiger partial charge in [-0.25, -0.2) is 4.79 Å². The molecular weight excluding hydrogens is 376 g/mol. The van der Waals surface area contributed by atoms with Crippen LogP contribution >= 0.6 is 0 Å². The molecule has 0 saturated heterocycles. The minimum Gasteiger partial charge on any atom is -0.508 e. The van der Waals surface area contributed by atoms with Crippen molar-refractivity contribution in [1.29, 1.82) is 0 Å². The average Bonchev–Trinajstić information content (AvgIpc) is 2.79. The number of benzene rings is 4. The lowest BCUT2D eigenvalue weighted by Crippen LogP contribution is -2.05. The van der Waals surface area contributed by atoms with Gasteiger partial charge in [0.25, 0.3) is 0 Å². The first-order valence-electron chi connectivity index (χ1n) is 9.48. The molecule has 4 aromatic rings. The Morgan fingerprint density at radius 2 is 1.40 bits per heavy atom. The lowest BCUT2D eigenvalue weighted by molar-refractivity contribution is 0.0698. The van der Waals surface area contributed by atoms with Crippen molar-refractivity contribution in [3.8, 4) is 44.9 Å². The molecule has 4 nitrogen and oxygen atoms in total. The molecule has 0 saturated carbocycles. The Morgan fingerprint density at radius 1 is 0.733 bits per heavy atom. The van der Waals surface area contributed by atoms with Crippen LogP contribution in [0.25, 0.3) is 33.4 Å². The Hall–Kier alpha value is -4.05. The summed E-state index contributed by atoms with van der Waals surface area (Å²) < 4.78 is 5.36. The molecule has 0 aromatic heterocycles. The van der Waals surface area contributed by atoms with E-state index in [1.54, 1.807) is 31.4 Å². The van der Waals surface area contributed by atoms with E-state index in [1.165, 1.54) is 0 Å². The summed E-state index contributed by atoms with van der Waals surface area (Å²) in [5.41, 5.74) is 4.60. The molecule has 4 rings (SSSR count). The van der Waals surface area contributed by atoms with E-state index in [1.807, 2.05) is 66.7 Å². The number of phenolic OH excluding ortho intramolecular Hbond substituents is 1. The van der Waals surface area contributed by atoms with E-state index in [2.05, 4.69) is 0 Å². The zero-order valence-electron chi connectivity index (χ0n) is 16.4. The molecule has 148 valence electrons. The van der Waals surface area contributed by atoms with E-state index in [9.17, 15) is 15.0 Å². The van der Waals surface area contributed by atoms with Gasteiger partial charge in [0.1, 0.15) is 11.5 Å². The maximum Gasteiger partial charge on any atom is 0.336 e. The molecule has 0 radical (unpaired) electrons. The Balaban J connectivity index is 2.07. The van der Waals surface area contributed by atoms with Crippen LogP contribution < -0.4 is 4.74 Å². The lowest BCUT2D eigenvalue weighted by Gasteiger charge is -2.18. The third-order valence-corrected chi connectivity index (χ3v) is 5.04. The van der Waals surface area contributed by atoms with Crippen LogP contribution in [-0.2, 0) is 0 Å².